The highest BCUT2D eigenvalue weighted by Gasteiger charge is 2.27. The van der Waals surface area contributed by atoms with E-state index in [0.717, 1.165) is 41.5 Å². The van der Waals surface area contributed by atoms with Crippen molar-refractivity contribution in [1.29, 1.82) is 5.26 Å². The quantitative estimate of drug-likeness (QED) is 0.853. The molecule has 7 nitrogen and oxygen atoms in total. The van der Waals surface area contributed by atoms with Crippen LogP contribution in [0.25, 0.3) is 10.7 Å². The summed E-state index contributed by atoms with van der Waals surface area (Å²) in [6.45, 7) is 2.03. The molecule has 0 bridgehead atoms. The molecule has 2 aromatic rings. The molecule has 0 aromatic carbocycles. The van der Waals surface area contributed by atoms with Crippen LogP contribution in [-0.2, 0) is 0 Å². The molecule has 8 heteroatoms. The fraction of sp³-hybridized carbons (Fsp3) is 0.412. The molecule has 0 saturated carbocycles. The molecule has 0 spiro atoms. The van der Waals surface area contributed by atoms with E-state index in [4.69, 9.17) is 5.11 Å². The lowest BCUT2D eigenvalue weighted by atomic mass is 9.95. The summed E-state index contributed by atoms with van der Waals surface area (Å²) in [5.41, 5.74) is 0.814. The Hall–Kier alpha value is -2.50. The number of rotatable bonds is 5. The summed E-state index contributed by atoms with van der Waals surface area (Å²) in [6.07, 6.45) is 4.27. The molecule has 1 atom stereocenters. The van der Waals surface area contributed by atoms with Crippen LogP contribution < -0.4 is 5.32 Å². The van der Waals surface area contributed by atoms with Crippen LogP contribution in [0.5, 0.6) is 0 Å². The van der Waals surface area contributed by atoms with Crippen LogP contribution in [0.1, 0.15) is 23.8 Å². The largest absolute Gasteiger partial charge is 0.465 e. The van der Waals surface area contributed by atoms with Gasteiger partial charge in [0.05, 0.1) is 16.6 Å². The van der Waals surface area contributed by atoms with Gasteiger partial charge in [-0.1, -0.05) is 6.07 Å². The Kier molecular flexibility index (Phi) is 5.58. The van der Waals surface area contributed by atoms with Crippen molar-refractivity contribution in [2.45, 2.75) is 18.9 Å². The van der Waals surface area contributed by atoms with Crippen molar-refractivity contribution >= 4 is 17.4 Å². The Balaban J connectivity index is 1.63. The predicted octanol–water partition coefficient (Wildman–Crippen LogP) is 2.75. The minimum Gasteiger partial charge on any atom is -0.465 e. The van der Waals surface area contributed by atoms with Crippen LogP contribution in [0.2, 0.25) is 0 Å². The number of aromatic nitrogens is 2. The summed E-state index contributed by atoms with van der Waals surface area (Å²) < 4.78 is 0. The van der Waals surface area contributed by atoms with E-state index in [-0.39, 0.29) is 6.04 Å². The van der Waals surface area contributed by atoms with Gasteiger partial charge >= 0.3 is 6.09 Å². The summed E-state index contributed by atoms with van der Waals surface area (Å²) in [6, 6.07) is 7.75. The highest BCUT2D eigenvalue weighted by atomic mass is 32.1. The third-order valence-electron chi connectivity index (χ3n) is 4.36. The Morgan fingerprint density at radius 1 is 1.44 bits per heavy atom. The topological polar surface area (TPSA) is 102 Å². The molecule has 1 unspecified atom stereocenters. The maximum Gasteiger partial charge on any atom is 0.404 e. The van der Waals surface area contributed by atoms with E-state index < -0.39 is 6.09 Å². The van der Waals surface area contributed by atoms with Gasteiger partial charge in [0, 0.05) is 32.0 Å². The second-order valence-corrected chi connectivity index (χ2v) is 7.04. The molecule has 0 aliphatic carbocycles. The summed E-state index contributed by atoms with van der Waals surface area (Å²) in [5, 5.41) is 21.6. The molecule has 3 rings (SSSR count). The Bertz CT molecular complexity index is 750. The lowest BCUT2D eigenvalue weighted by molar-refractivity contribution is 0.153. The number of hydrogen-bond donors (Lipinski definition) is 2. The molecule has 2 aromatic heterocycles. The first-order chi connectivity index (χ1) is 12.2. The average molecular weight is 357 g/mol. The molecule has 3 heterocycles. The van der Waals surface area contributed by atoms with E-state index >= 15 is 0 Å². The number of piperidine rings is 1. The average Bonchev–Trinajstić information content (AvgIpc) is 3.12. The third kappa shape index (κ3) is 4.32. The number of pyridine rings is 1. The van der Waals surface area contributed by atoms with E-state index in [2.05, 4.69) is 26.3 Å². The lowest BCUT2D eigenvalue weighted by Crippen LogP contribution is -2.39. The van der Waals surface area contributed by atoms with Gasteiger partial charge in [-0.3, -0.25) is 9.88 Å². The van der Waals surface area contributed by atoms with Crippen LogP contribution in [0.3, 0.4) is 0 Å². The highest BCUT2D eigenvalue weighted by molar-refractivity contribution is 7.15. The van der Waals surface area contributed by atoms with Gasteiger partial charge in [0.25, 0.3) is 0 Å². The number of carbonyl (C=O) groups is 1. The van der Waals surface area contributed by atoms with Crippen LogP contribution >= 0.6 is 11.3 Å². The number of nitrogens with zero attached hydrogens (tertiary/aromatic N) is 4. The number of nitrogens with one attached hydrogen (secondary N) is 1. The molecule has 2 N–H and O–H groups in total. The monoisotopic (exact) mass is 357 g/mol. The maximum atomic E-state index is 10.6. The molecule has 1 amide bonds. The van der Waals surface area contributed by atoms with Gasteiger partial charge in [0.1, 0.15) is 11.0 Å². The van der Waals surface area contributed by atoms with E-state index in [0.29, 0.717) is 12.5 Å². The molecular weight excluding hydrogens is 338 g/mol. The van der Waals surface area contributed by atoms with E-state index in [9.17, 15) is 10.1 Å². The standard InChI is InChI=1S/C17H19N5O2S/c18-9-14(22-7-4-12(5-8-22)10-21-17(23)24)15-11-20-16(25-15)13-3-1-2-6-19-13/h1-3,6,11-12,14,21H,4-5,7-8,10H2,(H,23,24). The van der Waals surface area contributed by atoms with Crippen molar-refractivity contribution in [3.63, 3.8) is 0 Å². The first-order valence-electron chi connectivity index (χ1n) is 8.15. The van der Waals surface area contributed by atoms with Crippen molar-refractivity contribution in [3.05, 3.63) is 35.5 Å². The van der Waals surface area contributed by atoms with Crippen LogP contribution in [0.15, 0.2) is 30.6 Å². The second kappa shape index (κ2) is 8.05. The summed E-state index contributed by atoms with van der Waals surface area (Å²) in [7, 11) is 0. The van der Waals surface area contributed by atoms with E-state index in [1.54, 1.807) is 12.4 Å². The minimum atomic E-state index is -0.982. The van der Waals surface area contributed by atoms with Crippen molar-refractivity contribution in [2.75, 3.05) is 19.6 Å². The fourth-order valence-corrected chi connectivity index (χ4v) is 3.97. The molecule has 1 fully saturated rings. The number of nitriles is 1. The minimum absolute atomic E-state index is 0.316. The van der Waals surface area contributed by atoms with Crippen LogP contribution in [0, 0.1) is 17.2 Å². The predicted molar refractivity (Wildman–Crippen MR) is 94.0 cm³/mol. The van der Waals surface area contributed by atoms with Gasteiger partial charge in [0.15, 0.2) is 0 Å². The smallest absolute Gasteiger partial charge is 0.404 e. The van der Waals surface area contributed by atoms with Crippen molar-refractivity contribution in [3.8, 4) is 16.8 Å². The Morgan fingerprint density at radius 2 is 2.24 bits per heavy atom. The first kappa shape index (κ1) is 17.3. The maximum absolute atomic E-state index is 10.6. The van der Waals surface area contributed by atoms with Crippen LogP contribution in [0.4, 0.5) is 4.79 Å². The van der Waals surface area contributed by atoms with Crippen molar-refractivity contribution < 1.29 is 9.90 Å². The molecular formula is C17H19N5O2S. The van der Waals surface area contributed by atoms with Gasteiger partial charge in [-0.2, -0.15) is 5.26 Å². The highest BCUT2D eigenvalue weighted by Crippen LogP contribution is 2.32. The summed E-state index contributed by atoms with van der Waals surface area (Å²) in [4.78, 5) is 22.4. The number of thiazole rings is 1. The molecule has 1 saturated heterocycles. The number of carboxylic acid groups (broad SMARTS) is 1. The molecule has 25 heavy (non-hydrogen) atoms. The van der Waals surface area contributed by atoms with Gasteiger partial charge in [-0.25, -0.2) is 9.78 Å². The zero-order valence-electron chi connectivity index (χ0n) is 13.6. The SMILES string of the molecule is N#CC(c1cnc(-c2ccccn2)s1)N1CCC(CNC(=O)O)CC1. The normalized spacial score (nSPS) is 16.9. The van der Waals surface area contributed by atoms with E-state index in [1.165, 1.54) is 11.3 Å². The van der Waals surface area contributed by atoms with Crippen LogP contribution in [-0.4, -0.2) is 45.7 Å². The van der Waals surface area contributed by atoms with Gasteiger partial charge in [-0.05, 0) is 30.9 Å². The third-order valence-corrected chi connectivity index (χ3v) is 5.43. The second-order valence-electron chi connectivity index (χ2n) is 5.98. The van der Waals surface area contributed by atoms with Crippen molar-refractivity contribution in [2.24, 2.45) is 5.92 Å². The zero-order chi connectivity index (χ0) is 17.6. The van der Waals surface area contributed by atoms with E-state index in [1.807, 2.05) is 18.2 Å². The first-order valence-corrected chi connectivity index (χ1v) is 8.96. The number of hydrogen-bond acceptors (Lipinski definition) is 6. The summed E-state index contributed by atoms with van der Waals surface area (Å²) >= 11 is 1.50. The zero-order valence-corrected chi connectivity index (χ0v) is 14.4. The van der Waals surface area contributed by atoms with Gasteiger partial charge in [-0.15, -0.1) is 11.3 Å². The Labute approximate surface area is 150 Å². The number of likely N-dealkylation sites (tertiary alicyclic amines) is 1. The van der Waals surface area contributed by atoms with Crippen molar-refractivity contribution in [1.82, 2.24) is 20.2 Å². The van der Waals surface area contributed by atoms with Gasteiger partial charge < -0.3 is 10.4 Å². The molecule has 1 aliphatic heterocycles. The van der Waals surface area contributed by atoms with Gasteiger partial charge in [0.2, 0.25) is 0 Å². The fourth-order valence-electron chi connectivity index (χ4n) is 2.99. The summed E-state index contributed by atoms with van der Waals surface area (Å²) in [5.74, 6) is 0.331. The lowest BCUT2D eigenvalue weighted by Gasteiger charge is -2.34. The Morgan fingerprint density at radius 3 is 2.88 bits per heavy atom. The molecule has 0 radical (unpaired) electrons. The number of amides is 1. The molecule has 1 aliphatic rings. The molecule has 130 valence electrons.